The van der Waals surface area contributed by atoms with Gasteiger partial charge in [-0.25, -0.2) is 0 Å². The standard InChI is InChI=1S/C9H12N4S/c1-6(12-13-9(11)14)7-4-2-3-5-8(7)10/h2-5H,10H2,1H3,(H3,11,13,14)/b12-6+. The molecule has 1 aromatic rings. The summed E-state index contributed by atoms with van der Waals surface area (Å²) in [5, 5.41) is 4.11. The van der Waals surface area contributed by atoms with Crippen LogP contribution < -0.4 is 16.9 Å². The summed E-state index contributed by atoms with van der Waals surface area (Å²) in [7, 11) is 0. The Bertz CT molecular complexity index is 373. The number of para-hydroxylation sites is 1. The predicted molar refractivity (Wildman–Crippen MR) is 63.0 cm³/mol. The molecular formula is C9H12N4S. The molecule has 0 aliphatic carbocycles. The molecule has 0 saturated carbocycles. The summed E-state index contributed by atoms with van der Waals surface area (Å²) >= 11 is 4.63. The van der Waals surface area contributed by atoms with E-state index in [-0.39, 0.29) is 5.11 Å². The van der Waals surface area contributed by atoms with Crippen molar-refractivity contribution in [1.29, 1.82) is 0 Å². The van der Waals surface area contributed by atoms with Crippen LogP contribution >= 0.6 is 12.2 Å². The van der Waals surface area contributed by atoms with Crippen molar-refractivity contribution < 1.29 is 0 Å². The molecule has 14 heavy (non-hydrogen) atoms. The first-order chi connectivity index (χ1) is 6.61. The number of hydrogen-bond acceptors (Lipinski definition) is 3. The van der Waals surface area contributed by atoms with Crippen molar-refractivity contribution in [2.75, 3.05) is 5.73 Å². The fourth-order valence-electron chi connectivity index (χ4n) is 1.03. The van der Waals surface area contributed by atoms with Gasteiger partial charge in [-0.3, -0.25) is 5.43 Å². The molecule has 4 nitrogen and oxygen atoms in total. The van der Waals surface area contributed by atoms with E-state index in [0.29, 0.717) is 5.69 Å². The Labute approximate surface area is 88.0 Å². The van der Waals surface area contributed by atoms with Crippen molar-refractivity contribution in [2.24, 2.45) is 10.8 Å². The Hall–Kier alpha value is -1.62. The molecule has 0 spiro atoms. The van der Waals surface area contributed by atoms with Crippen molar-refractivity contribution in [3.63, 3.8) is 0 Å². The number of hydrazone groups is 1. The topological polar surface area (TPSA) is 76.4 Å². The molecule has 1 aromatic carbocycles. The normalized spacial score (nSPS) is 11.1. The lowest BCUT2D eigenvalue weighted by molar-refractivity contribution is 1.03. The lowest BCUT2D eigenvalue weighted by Crippen LogP contribution is -2.25. The van der Waals surface area contributed by atoms with E-state index in [1.165, 1.54) is 0 Å². The van der Waals surface area contributed by atoms with Crippen molar-refractivity contribution in [2.45, 2.75) is 6.92 Å². The molecule has 0 radical (unpaired) electrons. The van der Waals surface area contributed by atoms with E-state index in [1.807, 2.05) is 31.2 Å². The van der Waals surface area contributed by atoms with E-state index in [4.69, 9.17) is 11.5 Å². The third kappa shape index (κ3) is 2.70. The highest BCUT2D eigenvalue weighted by molar-refractivity contribution is 7.80. The molecule has 0 amide bonds. The molecule has 0 aliphatic heterocycles. The van der Waals surface area contributed by atoms with E-state index >= 15 is 0 Å². The second-order valence-corrected chi connectivity index (χ2v) is 3.20. The monoisotopic (exact) mass is 208 g/mol. The third-order valence-electron chi connectivity index (χ3n) is 1.68. The molecule has 0 aromatic heterocycles. The Kier molecular flexibility index (Phi) is 3.41. The van der Waals surface area contributed by atoms with Crippen LogP contribution in [0.3, 0.4) is 0 Å². The van der Waals surface area contributed by atoms with Gasteiger partial charge in [0.1, 0.15) is 0 Å². The Morgan fingerprint density at radius 3 is 2.64 bits per heavy atom. The molecule has 74 valence electrons. The van der Waals surface area contributed by atoms with Crippen LogP contribution in [0.5, 0.6) is 0 Å². The quantitative estimate of drug-likeness (QED) is 0.291. The fraction of sp³-hybridized carbons (Fsp3) is 0.111. The van der Waals surface area contributed by atoms with Gasteiger partial charge in [0.05, 0.1) is 5.71 Å². The molecule has 0 heterocycles. The van der Waals surface area contributed by atoms with Crippen LogP contribution in [0.25, 0.3) is 0 Å². The van der Waals surface area contributed by atoms with Crippen LogP contribution in [0, 0.1) is 0 Å². The fourth-order valence-corrected chi connectivity index (χ4v) is 1.07. The van der Waals surface area contributed by atoms with E-state index in [1.54, 1.807) is 0 Å². The van der Waals surface area contributed by atoms with Crippen LogP contribution in [-0.4, -0.2) is 10.8 Å². The molecule has 0 unspecified atom stereocenters. The largest absolute Gasteiger partial charge is 0.398 e. The first kappa shape index (κ1) is 10.5. The minimum Gasteiger partial charge on any atom is -0.398 e. The lowest BCUT2D eigenvalue weighted by Gasteiger charge is -2.04. The van der Waals surface area contributed by atoms with Gasteiger partial charge in [0.2, 0.25) is 0 Å². The predicted octanol–water partition coefficient (Wildman–Crippen LogP) is 0.826. The van der Waals surface area contributed by atoms with Crippen molar-refractivity contribution in [3.05, 3.63) is 29.8 Å². The SMILES string of the molecule is C/C(=N\NC(N)=S)c1ccccc1N. The van der Waals surface area contributed by atoms with Crippen molar-refractivity contribution >= 4 is 28.7 Å². The number of thiocarbonyl (C=S) groups is 1. The number of nitrogens with zero attached hydrogens (tertiary/aromatic N) is 1. The highest BCUT2D eigenvalue weighted by atomic mass is 32.1. The van der Waals surface area contributed by atoms with Gasteiger partial charge < -0.3 is 11.5 Å². The number of benzene rings is 1. The highest BCUT2D eigenvalue weighted by Gasteiger charge is 2.00. The summed E-state index contributed by atoms with van der Waals surface area (Å²) in [6.45, 7) is 1.83. The number of nitrogen functional groups attached to an aromatic ring is 1. The second kappa shape index (κ2) is 4.57. The maximum absolute atomic E-state index is 5.76. The Morgan fingerprint density at radius 2 is 2.07 bits per heavy atom. The molecule has 0 saturated heterocycles. The van der Waals surface area contributed by atoms with Crippen LogP contribution in [0.2, 0.25) is 0 Å². The zero-order valence-electron chi connectivity index (χ0n) is 7.82. The van der Waals surface area contributed by atoms with Gasteiger partial charge in [0.25, 0.3) is 0 Å². The summed E-state index contributed by atoms with van der Waals surface area (Å²) in [4.78, 5) is 0. The number of nitrogens with one attached hydrogen (secondary N) is 1. The maximum Gasteiger partial charge on any atom is 0.184 e. The van der Waals surface area contributed by atoms with Crippen molar-refractivity contribution in [1.82, 2.24) is 5.43 Å². The minimum atomic E-state index is 0.138. The van der Waals surface area contributed by atoms with Gasteiger partial charge >= 0.3 is 0 Å². The van der Waals surface area contributed by atoms with E-state index in [2.05, 4.69) is 22.7 Å². The summed E-state index contributed by atoms with van der Waals surface area (Å²) < 4.78 is 0. The Morgan fingerprint density at radius 1 is 1.43 bits per heavy atom. The lowest BCUT2D eigenvalue weighted by atomic mass is 10.1. The van der Waals surface area contributed by atoms with Gasteiger partial charge in [-0.1, -0.05) is 18.2 Å². The number of hydrogen-bond donors (Lipinski definition) is 3. The molecule has 0 atom stereocenters. The zero-order chi connectivity index (χ0) is 10.6. The van der Waals surface area contributed by atoms with E-state index in [9.17, 15) is 0 Å². The zero-order valence-corrected chi connectivity index (χ0v) is 8.64. The number of rotatable bonds is 2. The molecule has 0 aliphatic rings. The summed E-state index contributed by atoms with van der Waals surface area (Å²) in [5.74, 6) is 0. The van der Waals surface area contributed by atoms with Crippen LogP contribution in [-0.2, 0) is 0 Å². The molecule has 1 rings (SSSR count). The highest BCUT2D eigenvalue weighted by Crippen LogP contribution is 2.10. The molecule has 5 heteroatoms. The molecule has 0 fully saturated rings. The summed E-state index contributed by atoms with van der Waals surface area (Å²) in [6, 6.07) is 7.46. The first-order valence-electron chi connectivity index (χ1n) is 4.06. The molecular weight excluding hydrogens is 196 g/mol. The Balaban J connectivity index is 2.89. The van der Waals surface area contributed by atoms with Crippen LogP contribution in [0.1, 0.15) is 12.5 Å². The van der Waals surface area contributed by atoms with Crippen LogP contribution in [0.15, 0.2) is 29.4 Å². The number of anilines is 1. The van der Waals surface area contributed by atoms with E-state index < -0.39 is 0 Å². The maximum atomic E-state index is 5.76. The average molecular weight is 208 g/mol. The van der Waals surface area contributed by atoms with Gasteiger partial charge in [0, 0.05) is 11.3 Å². The first-order valence-corrected chi connectivity index (χ1v) is 4.46. The smallest absolute Gasteiger partial charge is 0.184 e. The van der Waals surface area contributed by atoms with Gasteiger partial charge in [-0.15, -0.1) is 0 Å². The van der Waals surface area contributed by atoms with Gasteiger partial charge in [0.15, 0.2) is 5.11 Å². The summed E-state index contributed by atoms with van der Waals surface area (Å²) in [6.07, 6.45) is 0. The van der Waals surface area contributed by atoms with Gasteiger partial charge in [-0.2, -0.15) is 5.10 Å². The van der Waals surface area contributed by atoms with Crippen LogP contribution in [0.4, 0.5) is 5.69 Å². The number of nitrogens with two attached hydrogens (primary N) is 2. The average Bonchev–Trinajstić information content (AvgIpc) is 2.15. The minimum absolute atomic E-state index is 0.138. The molecule has 0 bridgehead atoms. The van der Waals surface area contributed by atoms with Crippen molar-refractivity contribution in [3.8, 4) is 0 Å². The van der Waals surface area contributed by atoms with Gasteiger partial charge in [-0.05, 0) is 25.2 Å². The van der Waals surface area contributed by atoms with E-state index in [0.717, 1.165) is 11.3 Å². The third-order valence-corrected chi connectivity index (χ3v) is 1.78. The second-order valence-electron chi connectivity index (χ2n) is 2.76. The molecule has 5 N–H and O–H groups in total. The summed E-state index contributed by atoms with van der Waals surface area (Å²) in [5.41, 5.74) is 15.8.